The summed E-state index contributed by atoms with van der Waals surface area (Å²) >= 11 is 0. The van der Waals surface area contributed by atoms with Gasteiger partial charge in [0.2, 0.25) is 0 Å². The summed E-state index contributed by atoms with van der Waals surface area (Å²) in [5, 5.41) is 1.78. The summed E-state index contributed by atoms with van der Waals surface area (Å²) in [7, 11) is 4.79. The van der Waals surface area contributed by atoms with Crippen LogP contribution >= 0.6 is 0 Å². The molecule has 0 unspecified atom stereocenters. The smallest absolute Gasteiger partial charge is 0.339 e. The van der Waals surface area contributed by atoms with Gasteiger partial charge in [-0.1, -0.05) is 36.4 Å². The third-order valence-electron chi connectivity index (χ3n) is 5.98. The van der Waals surface area contributed by atoms with E-state index in [1.165, 1.54) is 0 Å². The van der Waals surface area contributed by atoms with E-state index in [1.807, 2.05) is 66.7 Å². The predicted octanol–water partition coefficient (Wildman–Crippen LogP) is 5.78. The highest BCUT2D eigenvalue weighted by Crippen LogP contribution is 2.44. The van der Waals surface area contributed by atoms with E-state index in [0.29, 0.717) is 35.2 Å². The van der Waals surface area contributed by atoms with Crippen LogP contribution < -0.4 is 18.9 Å². The molecule has 1 aliphatic rings. The first kappa shape index (κ1) is 21.6. The Labute approximate surface area is 197 Å². The number of carbonyl (C=O) groups excluding carboxylic acids is 1. The second kappa shape index (κ2) is 8.98. The molecule has 0 saturated carbocycles. The van der Waals surface area contributed by atoms with Crippen LogP contribution in [0.1, 0.15) is 21.5 Å². The average molecular weight is 456 g/mol. The maximum Gasteiger partial charge on any atom is 0.339 e. The molecule has 5 rings (SSSR count). The average Bonchev–Trinajstić information content (AvgIpc) is 3.25. The van der Waals surface area contributed by atoms with Crippen molar-refractivity contribution in [2.75, 3.05) is 21.3 Å². The topological polar surface area (TPSA) is 63.2 Å². The summed E-state index contributed by atoms with van der Waals surface area (Å²) in [6.45, 7) is 0.625. The fraction of sp³-hybridized carbons (Fsp3) is 0.179. The van der Waals surface area contributed by atoms with Crippen LogP contribution in [0, 0.1) is 0 Å². The number of hydrogen-bond acceptors (Lipinski definition) is 6. The van der Waals surface area contributed by atoms with Gasteiger partial charge in [-0.15, -0.1) is 0 Å². The molecule has 0 saturated heterocycles. The number of benzene rings is 4. The molecule has 6 nitrogen and oxygen atoms in total. The molecule has 0 fully saturated rings. The molecule has 1 heterocycles. The molecule has 0 radical (unpaired) electrons. The second-order valence-electron chi connectivity index (χ2n) is 7.93. The van der Waals surface area contributed by atoms with Crippen molar-refractivity contribution in [1.29, 1.82) is 0 Å². The first-order valence-corrected chi connectivity index (χ1v) is 10.9. The predicted molar refractivity (Wildman–Crippen MR) is 129 cm³/mol. The Bertz CT molecular complexity index is 1380. The van der Waals surface area contributed by atoms with Crippen LogP contribution in [0.3, 0.4) is 0 Å². The highest BCUT2D eigenvalue weighted by Gasteiger charge is 2.29. The van der Waals surface area contributed by atoms with E-state index >= 15 is 0 Å². The molecule has 0 amide bonds. The summed E-state index contributed by atoms with van der Waals surface area (Å²) in [6.07, 6.45) is 0. The largest absolute Gasteiger partial charge is 0.493 e. The molecule has 0 atom stereocenters. The van der Waals surface area contributed by atoms with Gasteiger partial charge in [0.25, 0.3) is 0 Å². The Hall–Kier alpha value is -4.19. The SMILES string of the molecule is COc1ccc(-c2c3c(cc4cc(OC)c(OCc5ccccc5)cc24)COC3=O)cc1OC. The van der Waals surface area contributed by atoms with Gasteiger partial charge in [-0.2, -0.15) is 0 Å². The van der Waals surface area contributed by atoms with Crippen LogP contribution in [0.15, 0.2) is 66.7 Å². The van der Waals surface area contributed by atoms with Crippen molar-refractivity contribution in [3.63, 3.8) is 0 Å². The molecule has 0 N–H and O–H groups in total. The lowest BCUT2D eigenvalue weighted by Gasteiger charge is -2.17. The number of methoxy groups -OCH3 is 3. The first-order chi connectivity index (χ1) is 16.6. The van der Waals surface area contributed by atoms with E-state index in [-0.39, 0.29) is 12.6 Å². The fourth-order valence-corrected chi connectivity index (χ4v) is 4.33. The summed E-state index contributed by atoms with van der Waals surface area (Å²) < 4.78 is 28.1. The molecule has 172 valence electrons. The summed E-state index contributed by atoms with van der Waals surface area (Å²) in [5.41, 5.74) is 4.02. The molecule has 0 bridgehead atoms. The van der Waals surface area contributed by atoms with E-state index in [4.69, 9.17) is 23.7 Å². The van der Waals surface area contributed by atoms with Crippen LogP contribution in [0.5, 0.6) is 23.0 Å². The van der Waals surface area contributed by atoms with Crippen molar-refractivity contribution in [3.05, 3.63) is 83.4 Å². The van der Waals surface area contributed by atoms with Gasteiger partial charge >= 0.3 is 5.97 Å². The van der Waals surface area contributed by atoms with E-state index in [0.717, 1.165) is 33.0 Å². The van der Waals surface area contributed by atoms with Crippen LogP contribution in [-0.2, 0) is 18.0 Å². The second-order valence-corrected chi connectivity index (χ2v) is 7.93. The van der Waals surface area contributed by atoms with E-state index in [9.17, 15) is 4.79 Å². The van der Waals surface area contributed by atoms with Crippen LogP contribution in [0.2, 0.25) is 0 Å². The minimum Gasteiger partial charge on any atom is -0.493 e. The Morgan fingerprint density at radius 1 is 0.765 bits per heavy atom. The number of fused-ring (bicyclic) bond motifs is 2. The number of hydrogen-bond donors (Lipinski definition) is 0. The standard InChI is InChI=1S/C28H24O6/c1-30-22-10-9-18(12-23(22)31-2)26-21-14-25(33-15-17-7-5-4-6-8-17)24(32-3)13-19(21)11-20-16-34-28(29)27(20)26/h4-14H,15-16H2,1-3H3. The number of cyclic esters (lactones) is 1. The molecule has 1 aliphatic heterocycles. The number of ether oxygens (including phenoxy) is 5. The summed E-state index contributed by atoms with van der Waals surface area (Å²) in [4.78, 5) is 12.8. The van der Waals surface area contributed by atoms with Gasteiger partial charge in [-0.25, -0.2) is 4.79 Å². The Kier molecular flexibility index (Phi) is 5.72. The Morgan fingerprint density at radius 2 is 1.50 bits per heavy atom. The normalized spacial score (nSPS) is 12.3. The molecule has 0 spiro atoms. The van der Waals surface area contributed by atoms with Crippen molar-refractivity contribution < 1.29 is 28.5 Å². The maximum atomic E-state index is 12.8. The third-order valence-corrected chi connectivity index (χ3v) is 5.98. The van der Waals surface area contributed by atoms with Gasteiger partial charge in [0.1, 0.15) is 13.2 Å². The number of carbonyl (C=O) groups is 1. The monoisotopic (exact) mass is 456 g/mol. The Morgan fingerprint density at radius 3 is 2.24 bits per heavy atom. The van der Waals surface area contributed by atoms with Gasteiger partial charge in [0, 0.05) is 11.1 Å². The molecule has 4 aromatic carbocycles. The number of esters is 1. The van der Waals surface area contributed by atoms with Gasteiger partial charge < -0.3 is 23.7 Å². The van der Waals surface area contributed by atoms with Gasteiger partial charge in [0.15, 0.2) is 23.0 Å². The lowest BCUT2D eigenvalue weighted by molar-refractivity contribution is 0.0535. The van der Waals surface area contributed by atoms with Crippen molar-refractivity contribution in [2.45, 2.75) is 13.2 Å². The van der Waals surface area contributed by atoms with Crippen molar-refractivity contribution in [2.24, 2.45) is 0 Å². The summed E-state index contributed by atoms with van der Waals surface area (Å²) in [5.74, 6) is 2.05. The van der Waals surface area contributed by atoms with Crippen LogP contribution in [0.25, 0.3) is 21.9 Å². The Balaban J connectivity index is 1.71. The summed E-state index contributed by atoms with van der Waals surface area (Å²) in [6, 6.07) is 21.4. The van der Waals surface area contributed by atoms with Crippen molar-refractivity contribution >= 4 is 16.7 Å². The zero-order valence-corrected chi connectivity index (χ0v) is 19.2. The highest BCUT2D eigenvalue weighted by atomic mass is 16.5. The number of rotatable bonds is 7. The molecular formula is C28H24O6. The van der Waals surface area contributed by atoms with Gasteiger partial charge in [-0.05, 0) is 52.2 Å². The zero-order valence-electron chi connectivity index (χ0n) is 19.2. The molecule has 0 aliphatic carbocycles. The van der Waals surface area contributed by atoms with E-state index in [1.54, 1.807) is 21.3 Å². The lowest BCUT2D eigenvalue weighted by Crippen LogP contribution is -2.01. The first-order valence-electron chi connectivity index (χ1n) is 10.9. The highest BCUT2D eigenvalue weighted by molar-refractivity contribution is 6.11. The van der Waals surface area contributed by atoms with Crippen molar-refractivity contribution in [1.82, 2.24) is 0 Å². The molecule has 0 aromatic heterocycles. The van der Waals surface area contributed by atoms with Crippen LogP contribution in [-0.4, -0.2) is 27.3 Å². The van der Waals surface area contributed by atoms with E-state index < -0.39 is 0 Å². The molecule has 6 heteroatoms. The van der Waals surface area contributed by atoms with Crippen LogP contribution in [0.4, 0.5) is 0 Å². The molecule has 4 aromatic rings. The lowest BCUT2D eigenvalue weighted by atomic mass is 9.90. The fourth-order valence-electron chi connectivity index (χ4n) is 4.33. The van der Waals surface area contributed by atoms with E-state index in [2.05, 4.69) is 0 Å². The minimum absolute atomic E-state index is 0.235. The van der Waals surface area contributed by atoms with Crippen molar-refractivity contribution in [3.8, 4) is 34.1 Å². The minimum atomic E-state index is -0.343. The maximum absolute atomic E-state index is 12.8. The third kappa shape index (κ3) is 3.77. The van der Waals surface area contributed by atoms with Gasteiger partial charge in [0.05, 0.1) is 26.9 Å². The molecular weight excluding hydrogens is 432 g/mol. The van der Waals surface area contributed by atoms with Gasteiger partial charge in [-0.3, -0.25) is 0 Å². The zero-order chi connectivity index (χ0) is 23.7. The molecule has 34 heavy (non-hydrogen) atoms. The quantitative estimate of drug-likeness (QED) is 0.329.